The molecule has 0 spiro atoms. The number of carbonyl (C=O) groups excluding carboxylic acids is 1. The Morgan fingerprint density at radius 3 is 2.69 bits per heavy atom. The zero-order valence-electron chi connectivity index (χ0n) is 8.30. The summed E-state index contributed by atoms with van der Waals surface area (Å²) in [6.45, 7) is 5.23. The van der Waals surface area contributed by atoms with Crippen molar-refractivity contribution in [3.8, 4) is 0 Å². The van der Waals surface area contributed by atoms with E-state index in [0.29, 0.717) is 6.42 Å². The minimum atomic E-state index is 0.0967. The highest BCUT2D eigenvalue weighted by Crippen LogP contribution is 2.43. The topological polar surface area (TPSA) is 29.6 Å². The molecule has 0 aromatic rings. The maximum Gasteiger partial charge on any atom is 0.155 e. The lowest BCUT2D eigenvalue weighted by molar-refractivity contribution is -0.115. The second-order valence-corrected chi connectivity index (χ2v) is 4.87. The molecule has 1 aliphatic heterocycles. The van der Waals surface area contributed by atoms with Gasteiger partial charge in [0, 0.05) is 6.42 Å². The van der Waals surface area contributed by atoms with Crippen LogP contribution in [0, 0.1) is 5.41 Å². The van der Waals surface area contributed by atoms with Gasteiger partial charge >= 0.3 is 0 Å². The summed E-state index contributed by atoms with van der Waals surface area (Å²) in [4.78, 5) is 11.0. The number of ketones is 1. The van der Waals surface area contributed by atoms with E-state index in [9.17, 15) is 4.79 Å². The predicted octanol–water partition coefficient (Wildman–Crippen LogP) is 2.09. The van der Waals surface area contributed by atoms with Crippen molar-refractivity contribution in [1.82, 2.24) is 0 Å². The highest BCUT2D eigenvalue weighted by Gasteiger charge is 2.44. The Morgan fingerprint density at radius 1 is 1.54 bits per heavy atom. The van der Waals surface area contributed by atoms with Gasteiger partial charge in [0.25, 0.3) is 0 Å². The van der Waals surface area contributed by atoms with Crippen LogP contribution in [0.2, 0.25) is 0 Å². The summed E-state index contributed by atoms with van der Waals surface area (Å²) >= 11 is 0. The molecule has 2 heteroatoms. The lowest BCUT2D eigenvalue weighted by atomic mass is 9.74. The maximum atomic E-state index is 11.0. The molecule has 2 aliphatic rings. The molecule has 2 atom stereocenters. The Hall–Kier alpha value is -0.630. The minimum absolute atomic E-state index is 0.0967. The second-order valence-electron chi connectivity index (χ2n) is 4.87. The van der Waals surface area contributed by atoms with E-state index >= 15 is 0 Å². The number of rotatable bonds is 2. The average molecular weight is 180 g/mol. The SMILES string of the molecule is CC1(CC2(C)CO2)C=CC(=O)CC1. The van der Waals surface area contributed by atoms with Crippen LogP contribution in [0.4, 0.5) is 0 Å². The van der Waals surface area contributed by atoms with E-state index in [0.717, 1.165) is 19.4 Å². The van der Waals surface area contributed by atoms with Crippen molar-refractivity contribution in [3.05, 3.63) is 12.2 Å². The lowest BCUT2D eigenvalue weighted by Gasteiger charge is -2.29. The van der Waals surface area contributed by atoms with Crippen LogP contribution < -0.4 is 0 Å². The van der Waals surface area contributed by atoms with Crippen molar-refractivity contribution in [1.29, 1.82) is 0 Å². The fourth-order valence-corrected chi connectivity index (χ4v) is 2.10. The van der Waals surface area contributed by atoms with Crippen LogP contribution in [0.1, 0.15) is 33.1 Å². The largest absolute Gasteiger partial charge is 0.370 e. The third-order valence-corrected chi connectivity index (χ3v) is 3.03. The molecule has 13 heavy (non-hydrogen) atoms. The third kappa shape index (κ3) is 1.99. The van der Waals surface area contributed by atoms with E-state index in [1.165, 1.54) is 0 Å². The molecule has 2 rings (SSSR count). The normalized spacial score (nSPS) is 43.7. The molecular weight excluding hydrogens is 164 g/mol. The third-order valence-electron chi connectivity index (χ3n) is 3.03. The summed E-state index contributed by atoms with van der Waals surface area (Å²) in [6, 6.07) is 0. The van der Waals surface area contributed by atoms with E-state index in [1.54, 1.807) is 6.08 Å². The minimum Gasteiger partial charge on any atom is -0.370 e. The molecule has 0 aromatic carbocycles. The van der Waals surface area contributed by atoms with Crippen LogP contribution in [-0.4, -0.2) is 18.0 Å². The van der Waals surface area contributed by atoms with Gasteiger partial charge in [-0.15, -0.1) is 0 Å². The Morgan fingerprint density at radius 2 is 2.23 bits per heavy atom. The number of ether oxygens (including phenoxy) is 1. The molecule has 2 unspecified atom stereocenters. The number of allylic oxidation sites excluding steroid dienone is 2. The van der Waals surface area contributed by atoms with Crippen LogP contribution in [0.15, 0.2) is 12.2 Å². The van der Waals surface area contributed by atoms with Crippen molar-refractivity contribution in [2.24, 2.45) is 5.41 Å². The molecule has 1 saturated heterocycles. The summed E-state index contributed by atoms with van der Waals surface area (Å²) in [5, 5.41) is 0. The van der Waals surface area contributed by atoms with Gasteiger partial charge in [0.15, 0.2) is 5.78 Å². The van der Waals surface area contributed by atoms with Gasteiger partial charge in [0.1, 0.15) is 0 Å². The summed E-state index contributed by atoms with van der Waals surface area (Å²) in [5.41, 5.74) is 0.276. The molecule has 0 amide bonds. The molecule has 0 saturated carbocycles. The molecule has 0 N–H and O–H groups in total. The van der Waals surface area contributed by atoms with Gasteiger partial charge in [-0.25, -0.2) is 0 Å². The summed E-state index contributed by atoms with van der Waals surface area (Å²) in [6.07, 6.45) is 6.51. The smallest absolute Gasteiger partial charge is 0.155 e. The maximum absolute atomic E-state index is 11.0. The van der Waals surface area contributed by atoms with Gasteiger partial charge in [-0.2, -0.15) is 0 Å². The van der Waals surface area contributed by atoms with Gasteiger partial charge in [0.05, 0.1) is 12.2 Å². The van der Waals surface area contributed by atoms with Crippen molar-refractivity contribution in [3.63, 3.8) is 0 Å². The van der Waals surface area contributed by atoms with E-state index in [4.69, 9.17) is 4.74 Å². The predicted molar refractivity (Wildman–Crippen MR) is 50.5 cm³/mol. The van der Waals surface area contributed by atoms with Crippen molar-refractivity contribution in [2.45, 2.75) is 38.7 Å². The van der Waals surface area contributed by atoms with Gasteiger partial charge < -0.3 is 4.74 Å². The molecule has 72 valence electrons. The zero-order chi connectivity index (χ0) is 9.53. The van der Waals surface area contributed by atoms with E-state index in [1.807, 2.05) is 0 Å². The molecule has 1 aliphatic carbocycles. The van der Waals surface area contributed by atoms with Crippen LogP contribution in [0.5, 0.6) is 0 Å². The highest BCUT2D eigenvalue weighted by molar-refractivity contribution is 5.90. The summed E-state index contributed by atoms with van der Waals surface area (Å²) in [5.74, 6) is 0.263. The average Bonchev–Trinajstić information content (AvgIpc) is 2.75. The van der Waals surface area contributed by atoms with Gasteiger partial charge in [-0.1, -0.05) is 13.0 Å². The Kier molecular flexibility index (Phi) is 1.84. The summed E-state index contributed by atoms with van der Waals surface area (Å²) in [7, 11) is 0. The van der Waals surface area contributed by atoms with Crippen molar-refractivity contribution < 1.29 is 9.53 Å². The molecular formula is C11H16O2. The Labute approximate surface area is 79.0 Å². The monoisotopic (exact) mass is 180 g/mol. The number of hydrogen-bond donors (Lipinski definition) is 0. The fraction of sp³-hybridized carbons (Fsp3) is 0.727. The molecule has 2 nitrogen and oxygen atoms in total. The quantitative estimate of drug-likeness (QED) is 0.609. The molecule has 0 aromatic heterocycles. The van der Waals surface area contributed by atoms with Gasteiger partial charge in [0.2, 0.25) is 0 Å². The van der Waals surface area contributed by atoms with E-state index in [-0.39, 0.29) is 16.8 Å². The van der Waals surface area contributed by atoms with Crippen LogP contribution >= 0.6 is 0 Å². The zero-order valence-corrected chi connectivity index (χ0v) is 8.30. The first kappa shape index (κ1) is 8.95. The van der Waals surface area contributed by atoms with Crippen LogP contribution in [0.25, 0.3) is 0 Å². The molecule has 1 fully saturated rings. The van der Waals surface area contributed by atoms with Crippen LogP contribution in [0.3, 0.4) is 0 Å². The first-order valence-corrected chi connectivity index (χ1v) is 4.88. The second kappa shape index (κ2) is 2.68. The summed E-state index contributed by atoms with van der Waals surface area (Å²) < 4.78 is 5.37. The number of carbonyl (C=O) groups is 1. The highest BCUT2D eigenvalue weighted by atomic mass is 16.6. The molecule has 0 bridgehead atoms. The van der Waals surface area contributed by atoms with E-state index < -0.39 is 0 Å². The van der Waals surface area contributed by atoms with E-state index in [2.05, 4.69) is 19.9 Å². The van der Waals surface area contributed by atoms with Crippen molar-refractivity contribution in [2.75, 3.05) is 6.61 Å². The van der Waals surface area contributed by atoms with Gasteiger partial charge in [-0.3, -0.25) is 4.79 Å². The first-order valence-electron chi connectivity index (χ1n) is 4.88. The molecule has 0 radical (unpaired) electrons. The molecule has 1 heterocycles. The van der Waals surface area contributed by atoms with Crippen molar-refractivity contribution >= 4 is 5.78 Å². The Bertz CT molecular complexity index is 263. The fourth-order valence-electron chi connectivity index (χ4n) is 2.10. The first-order chi connectivity index (χ1) is 6.02. The number of epoxide rings is 1. The van der Waals surface area contributed by atoms with Gasteiger partial charge in [-0.05, 0) is 31.3 Å². The standard InChI is InChI=1S/C11H16O2/c1-10(7-11(2)8-13-11)5-3-9(12)4-6-10/h3,5H,4,6-8H2,1-2H3. The Balaban J connectivity index is 2.04. The van der Waals surface area contributed by atoms with Crippen LogP contribution in [-0.2, 0) is 9.53 Å². The lowest BCUT2D eigenvalue weighted by Crippen LogP contribution is -2.25. The number of hydrogen-bond acceptors (Lipinski definition) is 2.